The molecule has 3 N–H and O–H groups in total. The molecule has 0 atom stereocenters. The summed E-state index contributed by atoms with van der Waals surface area (Å²) in [6.07, 6.45) is 1.18. The SMILES string of the molecule is Cc1c(C(=O)Nc2ccc(F)nc2)c(C)n(C)c1C(=O)C(N)=O. The maximum Gasteiger partial charge on any atom is 0.291 e. The number of Topliss-reactive ketones (excluding diaryl/α,β-unsaturated/α-hetero) is 1. The number of halogens is 1. The lowest BCUT2D eigenvalue weighted by molar-refractivity contribution is -0.114. The van der Waals surface area contributed by atoms with E-state index in [1.54, 1.807) is 20.9 Å². The molecule has 0 fully saturated rings. The van der Waals surface area contributed by atoms with E-state index in [1.165, 1.54) is 16.8 Å². The highest BCUT2D eigenvalue weighted by Crippen LogP contribution is 2.23. The predicted octanol–water partition coefficient (Wildman–Crippen LogP) is 1.10. The van der Waals surface area contributed by atoms with E-state index in [9.17, 15) is 18.8 Å². The van der Waals surface area contributed by atoms with E-state index in [1.807, 2.05) is 0 Å². The highest BCUT2D eigenvalue weighted by Gasteiger charge is 2.27. The average Bonchev–Trinajstić information content (AvgIpc) is 2.71. The van der Waals surface area contributed by atoms with Gasteiger partial charge >= 0.3 is 0 Å². The number of hydrogen-bond acceptors (Lipinski definition) is 4. The summed E-state index contributed by atoms with van der Waals surface area (Å²) >= 11 is 0. The molecule has 0 radical (unpaired) electrons. The number of pyridine rings is 1. The lowest BCUT2D eigenvalue weighted by Gasteiger charge is -2.06. The van der Waals surface area contributed by atoms with Crippen molar-refractivity contribution in [2.24, 2.45) is 12.8 Å². The van der Waals surface area contributed by atoms with E-state index in [4.69, 9.17) is 5.73 Å². The molecule has 0 unspecified atom stereocenters. The number of carbonyl (C=O) groups excluding carboxylic acids is 3. The van der Waals surface area contributed by atoms with Crippen LogP contribution in [0.25, 0.3) is 0 Å². The summed E-state index contributed by atoms with van der Waals surface area (Å²) in [5.74, 6) is -3.11. The van der Waals surface area contributed by atoms with E-state index in [2.05, 4.69) is 10.3 Å². The number of hydrogen-bond donors (Lipinski definition) is 2. The van der Waals surface area contributed by atoms with Crippen LogP contribution < -0.4 is 11.1 Å². The molecular formula is C15H15FN4O3. The molecule has 2 aromatic rings. The van der Waals surface area contributed by atoms with E-state index in [0.29, 0.717) is 16.9 Å². The number of carbonyl (C=O) groups is 3. The van der Waals surface area contributed by atoms with Crippen molar-refractivity contribution in [2.75, 3.05) is 5.32 Å². The fourth-order valence-corrected chi connectivity index (χ4v) is 2.39. The van der Waals surface area contributed by atoms with Crippen molar-refractivity contribution in [3.05, 3.63) is 46.8 Å². The Labute approximate surface area is 131 Å². The Morgan fingerprint density at radius 2 is 1.91 bits per heavy atom. The molecule has 0 saturated heterocycles. The largest absolute Gasteiger partial charge is 0.363 e. The number of anilines is 1. The normalized spacial score (nSPS) is 10.4. The number of aromatic nitrogens is 2. The smallest absolute Gasteiger partial charge is 0.291 e. The van der Waals surface area contributed by atoms with Gasteiger partial charge < -0.3 is 15.6 Å². The topological polar surface area (TPSA) is 107 Å². The molecule has 0 aliphatic heterocycles. The van der Waals surface area contributed by atoms with Crippen LogP contribution in [0.4, 0.5) is 10.1 Å². The first-order chi connectivity index (χ1) is 10.7. The van der Waals surface area contributed by atoms with Gasteiger partial charge in [-0.15, -0.1) is 0 Å². The molecule has 0 spiro atoms. The Bertz CT molecular complexity index is 809. The van der Waals surface area contributed by atoms with Crippen LogP contribution in [0, 0.1) is 19.8 Å². The van der Waals surface area contributed by atoms with Crippen LogP contribution in [-0.4, -0.2) is 27.1 Å². The fraction of sp³-hybridized carbons (Fsp3) is 0.200. The lowest BCUT2D eigenvalue weighted by atomic mass is 10.1. The van der Waals surface area contributed by atoms with Crippen LogP contribution in [-0.2, 0) is 11.8 Å². The number of ketones is 1. The van der Waals surface area contributed by atoms with Crippen molar-refractivity contribution < 1.29 is 18.8 Å². The van der Waals surface area contributed by atoms with Crippen molar-refractivity contribution >= 4 is 23.3 Å². The van der Waals surface area contributed by atoms with Gasteiger partial charge in [0.05, 0.1) is 23.1 Å². The van der Waals surface area contributed by atoms with Gasteiger partial charge in [-0.3, -0.25) is 14.4 Å². The van der Waals surface area contributed by atoms with E-state index < -0.39 is 23.5 Å². The van der Waals surface area contributed by atoms with Gasteiger partial charge in [0.1, 0.15) is 0 Å². The summed E-state index contributed by atoms with van der Waals surface area (Å²) in [5, 5.41) is 2.57. The van der Waals surface area contributed by atoms with E-state index >= 15 is 0 Å². The highest BCUT2D eigenvalue weighted by atomic mass is 19.1. The molecule has 0 bridgehead atoms. The summed E-state index contributed by atoms with van der Waals surface area (Å²) in [6, 6.07) is 2.48. The number of nitrogens with zero attached hydrogens (tertiary/aromatic N) is 2. The van der Waals surface area contributed by atoms with Crippen LogP contribution in [0.15, 0.2) is 18.3 Å². The Balaban J connectivity index is 2.41. The second kappa shape index (κ2) is 5.99. The molecule has 120 valence electrons. The Morgan fingerprint density at radius 3 is 2.43 bits per heavy atom. The van der Waals surface area contributed by atoms with Crippen molar-refractivity contribution in [3.63, 3.8) is 0 Å². The van der Waals surface area contributed by atoms with Crippen molar-refractivity contribution in [1.29, 1.82) is 0 Å². The summed E-state index contributed by atoms with van der Waals surface area (Å²) in [5.41, 5.74) is 6.51. The van der Waals surface area contributed by atoms with Gasteiger partial charge in [-0.25, -0.2) is 4.98 Å². The van der Waals surface area contributed by atoms with E-state index in [0.717, 1.165) is 6.07 Å². The first-order valence-corrected chi connectivity index (χ1v) is 6.67. The zero-order valence-electron chi connectivity index (χ0n) is 12.8. The van der Waals surface area contributed by atoms with Crippen LogP contribution in [0.5, 0.6) is 0 Å². The Morgan fingerprint density at radius 1 is 1.26 bits per heavy atom. The van der Waals surface area contributed by atoms with Crippen LogP contribution in [0.3, 0.4) is 0 Å². The van der Waals surface area contributed by atoms with Crippen LogP contribution in [0.2, 0.25) is 0 Å². The van der Waals surface area contributed by atoms with Gasteiger partial charge in [0.2, 0.25) is 5.95 Å². The summed E-state index contributed by atoms with van der Waals surface area (Å²) in [7, 11) is 1.56. The summed E-state index contributed by atoms with van der Waals surface area (Å²) in [4.78, 5) is 38.9. The monoisotopic (exact) mass is 318 g/mol. The number of nitrogens with one attached hydrogen (secondary N) is 1. The number of primary amides is 1. The molecular weight excluding hydrogens is 303 g/mol. The first-order valence-electron chi connectivity index (χ1n) is 6.67. The molecule has 7 nitrogen and oxygen atoms in total. The number of rotatable bonds is 4. The van der Waals surface area contributed by atoms with Gasteiger partial charge in [-0.2, -0.15) is 4.39 Å². The minimum absolute atomic E-state index is 0.0670. The Hall–Kier alpha value is -3.03. The minimum atomic E-state index is -1.09. The molecule has 0 aromatic carbocycles. The summed E-state index contributed by atoms with van der Waals surface area (Å²) < 4.78 is 14.2. The molecule has 2 rings (SSSR count). The molecule has 8 heteroatoms. The van der Waals surface area contributed by atoms with Gasteiger partial charge in [0.25, 0.3) is 17.6 Å². The van der Waals surface area contributed by atoms with Crippen molar-refractivity contribution in [2.45, 2.75) is 13.8 Å². The van der Waals surface area contributed by atoms with E-state index in [-0.39, 0.29) is 11.3 Å². The molecule has 0 aliphatic rings. The third kappa shape index (κ3) is 2.96. The summed E-state index contributed by atoms with van der Waals surface area (Å²) in [6.45, 7) is 3.20. The lowest BCUT2D eigenvalue weighted by Crippen LogP contribution is -2.25. The third-order valence-electron chi connectivity index (χ3n) is 3.58. The third-order valence-corrected chi connectivity index (χ3v) is 3.58. The van der Waals surface area contributed by atoms with Crippen molar-refractivity contribution in [3.8, 4) is 0 Å². The zero-order chi connectivity index (χ0) is 17.3. The highest BCUT2D eigenvalue weighted by molar-refractivity contribution is 6.42. The molecule has 2 amide bonds. The standard InChI is InChI=1S/C15H15FN4O3/c1-7-11(8(2)20(3)12(7)13(21)14(17)22)15(23)19-9-4-5-10(16)18-6-9/h4-6H,1-3H3,(H2,17,22)(H,19,23). The van der Waals surface area contributed by atoms with Crippen LogP contribution in [0.1, 0.15) is 32.1 Å². The molecule has 2 heterocycles. The van der Waals surface area contributed by atoms with Crippen molar-refractivity contribution in [1.82, 2.24) is 9.55 Å². The molecule has 0 aliphatic carbocycles. The molecule has 0 saturated carbocycles. The van der Waals surface area contributed by atoms with Gasteiger partial charge in [-0.05, 0) is 31.5 Å². The number of amides is 2. The Kier molecular flexibility index (Phi) is 4.26. The molecule has 2 aromatic heterocycles. The average molecular weight is 318 g/mol. The van der Waals surface area contributed by atoms with Crippen LogP contribution >= 0.6 is 0 Å². The minimum Gasteiger partial charge on any atom is -0.363 e. The predicted molar refractivity (Wildman–Crippen MR) is 80.6 cm³/mol. The van der Waals surface area contributed by atoms with Gasteiger partial charge in [-0.1, -0.05) is 0 Å². The van der Waals surface area contributed by atoms with Gasteiger partial charge in [0, 0.05) is 12.7 Å². The number of nitrogens with two attached hydrogens (primary N) is 1. The second-order valence-corrected chi connectivity index (χ2v) is 5.01. The molecule has 23 heavy (non-hydrogen) atoms. The first kappa shape index (κ1) is 16.3. The zero-order valence-corrected chi connectivity index (χ0v) is 12.8. The van der Waals surface area contributed by atoms with Gasteiger partial charge in [0.15, 0.2) is 0 Å². The maximum atomic E-state index is 12.8. The maximum absolute atomic E-state index is 12.8. The quantitative estimate of drug-likeness (QED) is 0.500. The fourth-order valence-electron chi connectivity index (χ4n) is 2.39. The second-order valence-electron chi connectivity index (χ2n) is 5.01.